The first-order chi connectivity index (χ1) is 15.5. The highest BCUT2D eigenvalue weighted by atomic mass is 31.2. The van der Waals surface area contributed by atoms with Crippen LogP contribution >= 0.6 is 15.6 Å². The maximum atomic E-state index is 12.7. The number of carbonyl (C=O) groups excluding carboxylic acids is 1. The van der Waals surface area contributed by atoms with Gasteiger partial charge in [0, 0.05) is 28.8 Å². The topological polar surface area (TPSA) is 326 Å². The molecule has 5 rings (SSSR count). The highest BCUT2D eigenvalue weighted by Gasteiger charge is 2.53. The van der Waals surface area contributed by atoms with E-state index in [4.69, 9.17) is 9.47 Å². The Balaban J connectivity index is 0.00000171. The van der Waals surface area contributed by atoms with Gasteiger partial charge in [-0.15, -0.1) is 0 Å². The van der Waals surface area contributed by atoms with Gasteiger partial charge in [0.2, 0.25) is 0 Å². The summed E-state index contributed by atoms with van der Waals surface area (Å²) in [5, 5.41) is 0. The van der Waals surface area contributed by atoms with Crippen molar-refractivity contribution in [1.29, 1.82) is 0 Å². The van der Waals surface area contributed by atoms with E-state index in [-0.39, 0.29) is 53.2 Å². The van der Waals surface area contributed by atoms with E-state index in [0.717, 1.165) is 12.1 Å². The van der Waals surface area contributed by atoms with Crippen molar-refractivity contribution < 1.29 is 52.0 Å². The van der Waals surface area contributed by atoms with Crippen molar-refractivity contribution in [2.24, 2.45) is 0 Å². The van der Waals surface area contributed by atoms with Crippen LogP contribution in [0.1, 0.15) is 27.0 Å². The van der Waals surface area contributed by atoms with Crippen LogP contribution in [-0.4, -0.2) is 5.97 Å². The van der Waals surface area contributed by atoms with Crippen molar-refractivity contribution >= 4 is 21.6 Å². The Bertz CT molecular complexity index is 1350. The molecule has 0 bridgehead atoms. The van der Waals surface area contributed by atoms with Crippen LogP contribution in [0.4, 0.5) is 0 Å². The molecule has 0 saturated heterocycles. The third kappa shape index (κ3) is 5.51. The largest absolute Gasteiger partial charge is 0.780 e. The summed E-state index contributed by atoms with van der Waals surface area (Å²) >= 11 is 0. The molecule has 0 amide bonds. The lowest BCUT2D eigenvalue weighted by Gasteiger charge is -2.37. The summed E-state index contributed by atoms with van der Waals surface area (Å²) in [5.74, 6) is -1.43. The molecule has 2 aliphatic rings. The Morgan fingerprint density at radius 2 is 1.14 bits per heavy atom. The van der Waals surface area contributed by atoms with Gasteiger partial charge >= 0.3 is 5.97 Å². The van der Waals surface area contributed by atoms with Gasteiger partial charge in [0.25, 0.3) is 0 Å². The predicted molar refractivity (Wildman–Crippen MR) is 125 cm³/mol. The highest BCUT2D eigenvalue weighted by molar-refractivity contribution is 7.43. The van der Waals surface area contributed by atoms with Gasteiger partial charge < -0.3 is 71.8 Å². The number of hydrogen-bond acceptors (Lipinski definition) is 11. The molecule has 16 N–H and O–H groups in total. The number of phosphoric ester groups is 2. The van der Waals surface area contributed by atoms with Crippen molar-refractivity contribution in [1.82, 2.24) is 24.6 Å². The molecule has 2 heterocycles. The van der Waals surface area contributed by atoms with Crippen molar-refractivity contribution in [2.75, 3.05) is 0 Å². The summed E-state index contributed by atoms with van der Waals surface area (Å²) in [7, 11) is -10.8. The highest BCUT2D eigenvalue weighted by Crippen LogP contribution is 2.57. The molecule has 17 heteroatoms. The Morgan fingerprint density at radius 1 is 0.676 bits per heavy atom. The molecular weight excluding hydrogens is 534 g/mol. The quantitative estimate of drug-likeness (QED) is 0.264. The van der Waals surface area contributed by atoms with Crippen LogP contribution < -0.4 is 58.0 Å². The summed E-state index contributed by atoms with van der Waals surface area (Å²) < 4.78 is 42.5. The van der Waals surface area contributed by atoms with Crippen LogP contribution in [-0.2, 0) is 19.5 Å². The number of benzene rings is 3. The second-order valence-electron chi connectivity index (χ2n) is 7.11. The summed E-state index contributed by atoms with van der Waals surface area (Å²) in [5.41, 5.74) is -0.257. The van der Waals surface area contributed by atoms with Gasteiger partial charge in [-0.25, -0.2) is 4.79 Å². The summed E-state index contributed by atoms with van der Waals surface area (Å²) in [6, 6.07) is 13.9. The number of hydrogen-bond donors (Lipinski definition) is 4. The first kappa shape index (κ1) is 31.7. The zero-order valence-corrected chi connectivity index (χ0v) is 21.9. The smallest absolute Gasteiger partial charge is 0.340 e. The molecule has 0 radical (unpaired) electrons. The first-order valence-corrected chi connectivity index (χ1v) is 12.1. The van der Waals surface area contributed by atoms with Crippen LogP contribution in [0.15, 0.2) is 60.7 Å². The van der Waals surface area contributed by atoms with Crippen molar-refractivity contribution in [2.45, 2.75) is 5.60 Å². The molecular formula is C20H26N4O11P2. The Kier molecular flexibility index (Phi) is 9.06. The van der Waals surface area contributed by atoms with E-state index in [1.54, 1.807) is 24.3 Å². The lowest BCUT2D eigenvalue weighted by molar-refractivity contribution is -0.335. The van der Waals surface area contributed by atoms with Gasteiger partial charge in [-0.2, -0.15) is 0 Å². The summed E-state index contributed by atoms with van der Waals surface area (Å²) in [4.78, 5) is 56.9. The van der Waals surface area contributed by atoms with E-state index in [0.29, 0.717) is 16.7 Å². The second kappa shape index (κ2) is 10.6. The van der Waals surface area contributed by atoms with Gasteiger partial charge in [-0.3, -0.25) is 0 Å². The van der Waals surface area contributed by atoms with Gasteiger partial charge in [0.15, 0.2) is 5.60 Å². The van der Waals surface area contributed by atoms with Crippen molar-refractivity contribution in [3.05, 3.63) is 82.9 Å². The van der Waals surface area contributed by atoms with E-state index in [9.17, 15) is 33.5 Å². The molecule has 0 atom stereocenters. The number of rotatable bonds is 4. The molecule has 0 unspecified atom stereocenters. The fourth-order valence-electron chi connectivity index (χ4n) is 4.01. The molecule has 0 fully saturated rings. The van der Waals surface area contributed by atoms with Gasteiger partial charge in [-0.05, 0) is 30.3 Å². The van der Waals surface area contributed by atoms with Crippen LogP contribution in [0.2, 0.25) is 0 Å². The standard InChI is InChI=1S/C20H14O11P2.4H3N/c21-19-13-3-1-2-4-14(13)20(29-19)15-7-5-11(30-32(22,23)24)9-17(15)28-18-10-12(6-8-16(18)20)31-33(25,26)27;;;;/h1-10H,(H2,22,23,24)(H2,25,26,27);4*1H3. The molecule has 202 valence electrons. The SMILES string of the molecule is O=C1OC2(c3ccc(OP(=O)([O-])[O-])cc3Oc3cc(OP(=O)([O-])[O-])ccc32)c2ccccc21.[NH4+].[NH4+].[NH4+].[NH4+]. The zero-order chi connectivity index (χ0) is 23.6. The van der Waals surface area contributed by atoms with Crippen molar-refractivity contribution in [3.63, 3.8) is 0 Å². The van der Waals surface area contributed by atoms with E-state index in [1.165, 1.54) is 24.3 Å². The molecule has 0 aromatic heterocycles. The molecule has 37 heavy (non-hydrogen) atoms. The normalized spacial score (nSPS) is 14.0. The second-order valence-corrected chi connectivity index (χ2v) is 9.27. The number of fused-ring (bicyclic) bond motifs is 6. The van der Waals surface area contributed by atoms with E-state index in [1.807, 2.05) is 0 Å². The number of phosphoric acid groups is 2. The average Bonchev–Trinajstić information content (AvgIpc) is 2.99. The monoisotopic (exact) mass is 560 g/mol. The molecule has 3 aromatic rings. The van der Waals surface area contributed by atoms with Crippen LogP contribution in [0.5, 0.6) is 23.0 Å². The van der Waals surface area contributed by atoms with Crippen LogP contribution in [0.3, 0.4) is 0 Å². The minimum Gasteiger partial charge on any atom is -0.780 e. The fraction of sp³-hybridized carbons (Fsp3) is 0.0500. The lowest BCUT2D eigenvalue weighted by Crippen LogP contribution is -2.33. The molecule has 2 aliphatic heterocycles. The van der Waals surface area contributed by atoms with Crippen LogP contribution in [0, 0.1) is 0 Å². The third-order valence-corrected chi connectivity index (χ3v) is 5.96. The Morgan fingerprint density at radius 3 is 1.59 bits per heavy atom. The third-order valence-electron chi connectivity index (χ3n) is 5.09. The number of ether oxygens (including phenoxy) is 2. The summed E-state index contributed by atoms with van der Waals surface area (Å²) in [6.07, 6.45) is 0. The Labute approximate surface area is 210 Å². The minimum absolute atomic E-state index is 0. The van der Waals surface area contributed by atoms with Crippen LogP contribution in [0.25, 0.3) is 0 Å². The number of carbonyl (C=O) groups is 1. The average molecular weight is 560 g/mol. The zero-order valence-electron chi connectivity index (χ0n) is 20.2. The molecule has 15 nitrogen and oxygen atoms in total. The number of esters is 1. The van der Waals surface area contributed by atoms with Gasteiger partial charge in [0.05, 0.1) is 5.56 Å². The maximum Gasteiger partial charge on any atom is 0.340 e. The Hall–Kier alpha value is -3.33. The van der Waals surface area contributed by atoms with E-state index < -0.39 is 27.2 Å². The molecule has 0 saturated carbocycles. The fourth-order valence-corrected chi connectivity index (χ4v) is 4.75. The number of quaternary nitrogens is 4. The summed E-state index contributed by atoms with van der Waals surface area (Å²) in [6.45, 7) is 0. The first-order valence-electron chi connectivity index (χ1n) is 9.19. The molecule has 0 aliphatic carbocycles. The van der Waals surface area contributed by atoms with Crippen molar-refractivity contribution in [3.8, 4) is 23.0 Å². The minimum atomic E-state index is -5.38. The molecule has 3 aromatic carbocycles. The van der Waals surface area contributed by atoms with Gasteiger partial charge in [0.1, 0.15) is 38.6 Å². The lowest BCUT2D eigenvalue weighted by atomic mass is 9.77. The van der Waals surface area contributed by atoms with E-state index in [2.05, 4.69) is 9.05 Å². The maximum absolute atomic E-state index is 12.7. The molecule has 1 spiro atoms. The van der Waals surface area contributed by atoms with Gasteiger partial charge in [-0.1, -0.05) is 18.2 Å². The predicted octanol–water partition coefficient (Wildman–Crippen LogP) is 2.17. The van der Waals surface area contributed by atoms with E-state index >= 15 is 0 Å².